The van der Waals surface area contributed by atoms with E-state index in [-0.39, 0.29) is 36.8 Å². The smallest absolute Gasteiger partial charge is 0.410 e. The van der Waals surface area contributed by atoms with Crippen molar-refractivity contribution in [1.29, 1.82) is 0 Å². The maximum Gasteiger partial charge on any atom is 0.410 e. The predicted octanol–water partition coefficient (Wildman–Crippen LogP) is 2.87. The van der Waals surface area contributed by atoms with Crippen molar-refractivity contribution >= 4 is 35.6 Å². The van der Waals surface area contributed by atoms with Crippen molar-refractivity contribution in [3.05, 3.63) is 35.9 Å². The molecule has 4 N–H and O–H groups in total. The van der Waals surface area contributed by atoms with Crippen LogP contribution in [0.3, 0.4) is 0 Å². The van der Waals surface area contributed by atoms with Crippen LogP contribution in [-0.4, -0.2) is 94.8 Å². The standard InChI is InChI=1S/C35H52N6O7/c1-22(2)19-28(31(44)38-27(20-24-13-16-36-30(24)43)29(42)32(45)37-25-11-12-25)39-33(46)41(21-23-9-7-6-8-10-23)26-14-17-40(18-15-26)34(47)48-35(3,4)5/h6-10,22,24-28H,11-21H2,1-5H3,(H,36,43)(H,37,45)(H,38,44)(H,39,46)/t24-,27-,28-/m0/s1. The Morgan fingerprint density at radius 2 is 1.62 bits per heavy atom. The highest BCUT2D eigenvalue weighted by molar-refractivity contribution is 6.38. The lowest BCUT2D eigenvalue weighted by molar-refractivity contribution is -0.141. The molecular weight excluding hydrogens is 616 g/mol. The lowest BCUT2D eigenvalue weighted by Crippen LogP contribution is -2.58. The predicted molar refractivity (Wildman–Crippen MR) is 178 cm³/mol. The summed E-state index contributed by atoms with van der Waals surface area (Å²) in [4.78, 5) is 82.4. The van der Waals surface area contributed by atoms with E-state index in [1.807, 2.05) is 65.0 Å². The molecule has 0 bridgehead atoms. The van der Waals surface area contributed by atoms with Gasteiger partial charge in [0.05, 0.1) is 6.04 Å². The number of urea groups is 1. The van der Waals surface area contributed by atoms with Gasteiger partial charge >= 0.3 is 12.1 Å². The third-order valence-corrected chi connectivity index (χ3v) is 8.79. The zero-order chi connectivity index (χ0) is 35.0. The summed E-state index contributed by atoms with van der Waals surface area (Å²) in [7, 11) is 0. The first-order valence-electron chi connectivity index (χ1n) is 17.2. The van der Waals surface area contributed by atoms with Crippen LogP contribution in [0, 0.1) is 11.8 Å². The third-order valence-electron chi connectivity index (χ3n) is 8.79. The zero-order valence-electron chi connectivity index (χ0n) is 28.9. The molecule has 4 rings (SSSR count). The molecule has 1 aliphatic carbocycles. The van der Waals surface area contributed by atoms with E-state index < -0.39 is 53.3 Å². The van der Waals surface area contributed by atoms with Gasteiger partial charge in [-0.25, -0.2) is 9.59 Å². The fourth-order valence-corrected chi connectivity index (χ4v) is 6.07. The van der Waals surface area contributed by atoms with Crippen LogP contribution in [-0.2, 0) is 30.5 Å². The van der Waals surface area contributed by atoms with Crippen molar-refractivity contribution in [2.24, 2.45) is 11.8 Å². The number of rotatable bonds is 13. The molecule has 48 heavy (non-hydrogen) atoms. The number of likely N-dealkylation sites (tertiary alicyclic amines) is 1. The number of hydrogen-bond donors (Lipinski definition) is 4. The maximum absolute atomic E-state index is 14.1. The summed E-state index contributed by atoms with van der Waals surface area (Å²) in [6.07, 6.45) is 3.02. The van der Waals surface area contributed by atoms with E-state index in [1.54, 1.807) is 9.80 Å². The van der Waals surface area contributed by atoms with Gasteiger partial charge in [0.2, 0.25) is 17.6 Å². The molecule has 3 fully saturated rings. The number of benzene rings is 1. The second-order valence-electron chi connectivity index (χ2n) is 14.6. The van der Waals surface area contributed by atoms with Crippen LogP contribution in [0.15, 0.2) is 30.3 Å². The number of piperidine rings is 1. The molecule has 0 unspecified atom stereocenters. The van der Waals surface area contributed by atoms with Crippen molar-refractivity contribution in [1.82, 2.24) is 31.1 Å². The first kappa shape index (κ1) is 36.7. The molecule has 0 spiro atoms. The molecule has 13 nitrogen and oxygen atoms in total. The summed E-state index contributed by atoms with van der Waals surface area (Å²) in [6, 6.07) is 6.62. The Morgan fingerprint density at radius 3 is 2.19 bits per heavy atom. The average molecular weight is 669 g/mol. The van der Waals surface area contributed by atoms with Gasteiger partial charge in [0.15, 0.2) is 0 Å². The van der Waals surface area contributed by atoms with E-state index in [2.05, 4.69) is 21.3 Å². The van der Waals surface area contributed by atoms with E-state index >= 15 is 0 Å². The van der Waals surface area contributed by atoms with Crippen LogP contribution in [0.4, 0.5) is 9.59 Å². The monoisotopic (exact) mass is 668 g/mol. The first-order chi connectivity index (χ1) is 22.7. The molecule has 2 saturated heterocycles. The number of ketones is 1. The summed E-state index contributed by atoms with van der Waals surface area (Å²) in [5.74, 6) is -2.89. The number of hydrogen-bond acceptors (Lipinski definition) is 7. The number of Topliss-reactive ketones (excluding diaryl/α,β-unsaturated/α-hetero) is 1. The fourth-order valence-electron chi connectivity index (χ4n) is 6.07. The molecule has 2 heterocycles. The number of amides is 6. The lowest BCUT2D eigenvalue weighted by atomic mass is 9.94. The van der Waals surface area contributed by atoms with Gasteiger partial charge in [-0.3, -0.25) is 19.2 Å². The number of nitrogens with zero attached hydrogens (tertiary/aromatic N) is 2. The normalized spacial score (nSPS) is 19.6. The van der Waals surface area contributed by atoms with Crippen LogP contribution in [0.1, 0.15) is 85.1 Å². The fraction of sp³-hybridized carbons (Fsp3) is 0.657. The summed E-state index contributed by atoms with van der Waals surface area (Å²) in [6.45, 7) is 10.9. The third kappa shape index (κ3) is 10.9. The molecule has 264 valence electrons. The second-order valence-corrected chi connectivity index (χ2v) is 14.6. The Hall–Kier alpha value is -4.16. The van der Waals surface area contributed by atoms with Gasteiger partial charge in [0, 0.05) is 44.2 Å². The van der Waals surface area contributed by atoms with E-state index in [1.165, 1.54) is 0 Å². The van der Waals surface area contributed by atoms with Crippen LogP contribution in [0.5, 0.6) is 0 Å². The quantitative estimate of drug-likeness (QED) is 0.235. The minimum atomic E-state index is -1.21. The molecule has 3 aliphatic rings. The molecule has 3 atom stereocenters. The van der Waals surface area contributed by atoms with Gasteiger partial charge in [-0.15, -0.1) is 0 Å². The highest BCUT2D eigenvalue weighted by atomic mass is 16.6. The summed E-state index contributed by atoms with van der Waals surface area (Å²) in [5.41, 5.74) is 0.294. The van der Waals surface area contributed by atoms with Crippen LogP contribution in [0.2, 0.25) is 0 Å². The molecule has 0 aromatic heterocycles. The minimum Gasteiger partial charge on any atom is -0.444 e. The highest BCUT2D eigenvalue weighted by Crippen LogP contribution is 2.23. The van der Waals surface area contributed by atoms with Gasteiger partial charge in [-0.1, -0.05) is 44.2 Å². The molecule has 2 aliphatic heterocycles. The van der Waals surface area contributed by atoms with Crippen LogP contribution in [0.25, 0.3) is 0 Å². The van der Waals surface area contributed by atoms with Crippen molar-refractivity contribution in [2.75, 3.05) is 19.6 Å². The van der Waals surface area contributed by atoms with Gasteiger partial charge in [-0.2, -0.15) is 0 Å². The van der Waals surface area contributed by atoms with E-state index in [4.69, 9.17) is 4.74 Å². The van der Waals surface area contributed by atoms with Crippen molar-refractivity contribution in [2.45, 2.75) is 116 Å². The zero-order valence-corrected chi connectivity index (χ0v) is 28.9. The summed E-state index contributed by atoms with van der Waals surface area (Å²) in [5, 5.41) is 11.1. The van der Waals surface area contributed by atoms with E-state index in [0.29, 0.717) is 45.4 Å². The minimum absolute atomic E-state index is 0.00675. The van der Waals surface area contributed by atoms with Crippen molar-refractivity contribution < 1.29 is 33.5 Å². The van der Waals surface area contributed by atoms with Crippen LogP contribution >= 0.6 is 0 Å². The Labute approximate surface area is 283 Å². The van der Waals surface area contributed by atoms with E-state index in [0.717, 1.165) is 18.4 Å². The molecular formula is C35H52N6O7. The Balaban J connectivity index is 1.49. The number of ether oxygens (including phenoxy) is 1. The molecule has 0 radical (unpaired) electrons. The SMILES string of the molecule is CC(C)C[C@H](NC(=O)N(Cc1ccccc1)C1CCN(C(=O)OC(C)(C)C)CC1)C(=O)N[C@@H](C[C@@H]1CCNC1=O)C(=O)C(=O)NC1CC1. The molecule has 1 saturated carbocycles. The number of nitrogens with one attached hydrogen (secondary N) is 4. The van der Waals surface area contributed by atoms with Gasteiger partial charge in [0.1, 0.15) is 11.6 Å². The van der Waals surface area contributed by atoms with Crippen molar-refractivity contribution in [3.8, 4) is 0 Å². The number of carbonyl (C=O) groups excluding carboxylic acids is 6. The molecule has 1 aromatic carbocycles. The lowest BCUT2D eigenvalue weighted by Gasteiger charge is -2.39. The van der Waals surface area contributed by atoms with E-state index in [9.17, 15) is 28.8 Å². The largest absolute Gasteiger partial charge is 0.444 e. The molecule has 1 aromatic rings. The van der Waals surface area contributed by atoms with Crippen LogP contribution < -0.4 is 21.3 Å². The Morgan fingerprint density at radius 1 is 0.958 bits per heavy atom. The van der Waals surface area contributed by atoms with Crippen molar-refractivity contribution in [3.63, 3.8) is 0 Å². The topological polar surface area (TPSA) is 166 Å². The second kappa shape index (κ2) is 16.3. The Kier molecular flexibility index (Phi) is 12.4. The Bertz CT molecular complexity index is 1320. The highest BCUT2D eigenvalue weighted by Gasteiger charge is 2.38. The van der Waals surface area contributed by atoms with Gasteiger partial charge in [0.25, 0.3) is 5.91 Å². The van der Waals surface area contributed by atoms with Gasteiger partial charge < -0.3 is 35.8 Å². The average Bonchev–Trinajstić information content (AvgIpc) is 3.76. The number of carbonyl (C=O) groups is 6. The summed E-state index contributed by atoms with van der Waals surface area (Å²) < 4.78 is 5.54. The molecule has 13 heteroatoms. The molecule has 6 amide bonds. The summed E-state index contributed by atoms with van der Waals surface area (Å²) >= 11 is 0. The first-order valence-corrected chi connectivity index (χ1v) is 17.2. The maximum atomic E-state index is 14.1. The van der Waals surface area contributed by atoms with Gasteiger partial charge in [-0.05, 0) is 77.2 Å².